The number of nitrogens with one attached hydrogen (secondary N) is 1. The molecule has 1 aromatic rings. The van der Waals surface area contributed by atoms with Crippen molar-refractivity contribution in [2.24, 2.45) is 17.8 Å². The summed E-state index contributed by atoms with van der Waals surface area (Å²) in [6.07, 6.45) is 8.90. The van der Waals surface area contributed by atoms with E-state index in [-0.39, 0.29) is 0 Å². The summed E-state index contributed by atoms with van der Waals surface area (Å²) in [4.78, 5) is 4.59. The van der Waals surface area contributed by atoms with E-state index in [9.17, 15) is 0 Å². The smallest absolute Gasteiger partial charge is 0.0448 e. The Bertz CT molecular complexity index is 417. The number of aromatic nitrogens is 1. The Morgan fingerprint density at radius 1 is 1.32 bits per heavy atom. The van der Waals surface area contributed by atoms with Gasteiger partial charge in [-0.05, 0) is 55.7 Å². The van der Waals surface area contributed by atoms with Crippen LogP contribution in [0, 0.1) is 24.7 Å². The van der Waals surface area contributed by atoms with Crippen LogP contribution in [0.1, 0.15) is 43.9 Å². The summed E-state index contributed by atoms with van der Waals surface area (Å²) in [6, 6.07) is 4.87. The lowest BCUT2D eigenvalue weighted by Crippen LogP contribution is -2.34. The zero-order chi connectivity index (χ0) is 13.2. The lowest BCUT2D eigenvalue weighted by atomic mass is 10.0. The number of hydrogen-bond acceptors (Lipinski definition) is 2. The normalized spacial score (nSPS) is 30.7. The van der Waals surface area contributed by atoms with Gasteiger partial charge in [0, 0.05) is 24.4 Å². The Labute approximate surface area is 117 Å². The number of pyridine rings is 1. The van der Waals surface area contributed by atoms with Gasteiger partial charge in [0.05, 0.1) is 0 Å². The summed E-state index contributed by atoms with van der Waals surface area (Å²) in [5, 5.41) is 3.74. The fourth-order valence-corrected chi connectivity index (χ4v) is 4.19. The van der Waals surface area contributed by atoms with Gasteiger partial charge in [0.2, 0.25) is 0 Å². The van der Waals surface area contributed by atoms with Gasteiger partial charge in [-0.1, -0.05) is 25.8 Å². The van der Waals surface area contributed by atoms with Crippen molar-refractivity contribution in [2.45, 2.75) is 52.0 Å². The standard InChI is InChI=1S/C17H26N2/c1-3-18-16(11-15-12(2)7-6-10-19-15)17-13-8-4-5-9-14(13)17/h6-7,10,13-14,16-18H,3-5,8-9,11H2,1-2H3. The van der Waals surface area contributed by atoms with Crippen molar-refractivity contribution < 1.29 is 0 Å². The molecule has 1 heterocycles. The molecule has 2 saturated carbocycles. The van der Waals surface area contributed by atoms with E-state index in [1.807, 2.05) is 12.3 Å². The van der Waals surface area contributed by atoms with Gasteiger partial charge in [-0.3, -0.25) is 4.98 Å². The van der Waals surface area contributed by atoms with E-state index in [4.69, 9.17) is 0 Å². The van der Waals surface area contributed by atoms with Gasteiger partial charge in [0.1, 0.15) is 0 Å². The monoisotopic (exact) mass is 258 g/mol. The number of likely N-dealkylation sites (N-methyl/N-ethyl adjacent to an activating group) is 1. The number of nitrogens with zero attached hydrogens (tertiary/aromatic N) is 1. The summed E-state index contributed by atoms with van der Waals surface area (Å²) in [5.41, 5.74) is 2.63. The Morgan fingerprint density at radius 3 is 2.68 bits per heavy atom. The Kier molecular flexibility index (Phi) is 3.88. The first-order valence-corrected chi connectivity index (χ1v) is 7.95. The molecule has 2 heteroatoms. The molecular weight excluding hydrogens is 232 g/mol. The molecule has 1 aromatic heterocycles. The average molecular weight is 258 g/mol. The van der Waals surface area contributed by atoms with E-state index in [1.165, 1.54) is 36.9 Å². The van der Waals surface area contributed by atoms with E-state index in [1.54, 1.807) is 0 Å². The largest absolute Gasteiger partial charge is 0.314 e. The second kappa shape index (κ2) is 5.62. The molecule has 104 valence electrons. The molecule has 2 aliphatic rings. The SMILES string of the molecule is CCNC(Cc1ncccc1C)C1C2CCCCC21. The highest BCUT2D eigenvalue weighted by Crippen LogP contribution is 2.57. The van der Waals surface area contributed by atoms with Crippen molar-refractivity contribution in [1.29, 1.82) is 0 Å². The lowest BCUT2D eigenvalue weighted by Gasteiger charge is -2.19. The van der Waals surface area contributed by atoms with Crippen LogP contribution >= 0.6 is 0 Å². The number of aryl methyl sites for hydroxylation is 1. The predicted molar refractivity (Wildman–Crippen MR) is 79.1 cm³/mol. The summed E-state index contributed by atoms with van der Waals surface area (Å²) in [5.74, 6) is 2.95. The van der Waals surface area contributed by atoms with Gasteiger partial charge in [0.25, 0.3) is 0 Å². The average Bonchev–Trinajstić information content (AvgIpc) is 3.15. The Hall–Kier alpha value is -0.890. The summed E-state index contributed by atoms with van der Waals surface area (Å²) in [6.45, 7) is 5.49. The highest BCUT2D eigenvalue weighted by molar-refractivity contribution is 5.20. The third-order valence-corrected chi connectivity index (χ3v) is 5.18. The maximum atomic E-state index is 4.59. The Morgan fingerprint density at radius 2 is 2.05 bits per heavy atom. The van der Waals surface area contributed by atoms with Crippen LogP contribution in [0.15, 0.2) is 18.3 Å². The molecular formula is C17H26N2. The first kappa shape index (κ1) is 13.1. The van der Waals surface area contributed by atoms with Gasteiger partial charge in [-0.2, -0.15) is 0 Å². The first-order chi connectivity index (χ1) is 9.31. The van der Waals surface area contributed by atoms with E-state index >= 15 is 0 Å². The summed E-state index contributed by atoms with van der Waals surface area (Å²) < 4.78 is 0. The van der Waals surface area contributed by atoms with Crippen LogP contribution in [0.4, 0.5) is 0 Å². The van der Waals surface area contributed by atoms with E-state index < -0.39 is 0 Å². The van der Waals surface area contributed by atoms with Crippen LogP contribution in [0.3, 0.4) is 0 Å². The molecule has 0 aromatic carbocycles. The van der Waals surface area contributed by atoms with E-state index in [2.05, 4.69) is 30.2 Å². The highest BCUT2D eigenvalue weighted by atomic mass is 14.9. The van der Waals surface area contributed by atoms with Crippen molar-refractivity contribution in [1.82, 2.24) is 10.3 Å². The van der Waals surface area contributed by atoms with Crippen LogP contribution in [0.5, 0.6) is 0 Å². The van der Waals surface area contributed by atoms with Crippen molar-refractivity contribution in [2.75, 3.05) is 6.54 Å². The molecule has 2 nitrogen and oxygen atoms in total. The minimum Gasteiger partial charge on any atom is -0.314 e. The second-order valence-electron chi connectivity index (χ2n) is 6.32. The minimum atomic E-state index is 0.645. The minimum absolute atomic E-state index is 0.645. The first-order valence-electron chi connectivity index (χ1n) is 7.95. The van der Waals surface area contributed by atoms with Gasteiger partial charge >= 0.3 is 0 Å². The van der Waals surface area contributed by atoms with Crippen LogP contribution in [-0.2, 0) is 6.42 Å². The molecule has 0 bridgehead atoms. The fraction of sp³-hybridized carbons (Fsp3) is 0.706. The van der Waals surface area contributed by atoms with Crippen molar-refractivity contribution in [3.8, 4) is 0 Å². The molecule has 0 saturated heterocycles. The van der Waals surface area contributed by atoms with Crippen LogP contribution < -0.4 is 5.32 Å². The van der Waals surface area contributed by atoms with E-state index in [0.29, 0.717) is 6.04 Å². The lowest BCUT2D eigenvalue weighted by molar-refractivity contribution is 0.433. The highest BCUT2D eigenvalue weighted by Gasteiger charge is 2.53. The fourth-order valence-electron chi connectivity index (χ4n) is 4.19. The van der Waals surface area contributed by atoms with Gasteiger partial charge < -0.3 is 5.32 Å². The molecule has 1 N–H and O–H groups in total. The van der Waals surface area contributed by atoms with Gasteiger partial charge in [-0.25, -0.2) is 0 Å². The third-order valence-electron chi connectivity index (χ3n) is 5.18. The number of fused-ring (bicyclic) bond motifs is 1. The molecule has 2 aliphatic carbocycles. The van der Waals surface area contributed by atoms with Crippen molar-refractivity contribution in [3.63, 3.8) is 0 Å². The maximum absolute atomic E-state index is 4.59. The molecule has 0 aliphatic heterocycles. The summed E-state index contributed by atoms with van der Waals surface area (Å²) >= 11 is 0. The van der Waals surface area contributed by atoms with Gasteiger partial charge in [0.15, 0.2) is 0 Å². The Balaban J connectivity index is 1.70. The third kappa shape index (κ3) is 2.69. The molecule has 0 spiro atoms. The van der Waals surface area contributed by atoms with Crippen molar-refractivity contribution in [3.05, 3.63) is 29.6 Å². The van der Waals surface area contributed by atoms with Crippen LogP contribution in [-0.4, -0.2) is 17.6 Å². The van der Waals surface area contributed by atoms with Gasteiger partial charge in [-0.15, -0.1) is 0 Å². The maximum Gasteiger partial charge on any atom is 0.0448 e. The predicted octanol–water partition coefficient (Wildman–Crippen LogP) is 3.35. The quantitative estimate of drug-likeness (QED) is 0.876. The molecule has 0 radical (unpaired) electrons. The van der Waals surface area contributed by atoms with Crippen LogP contribution in [0.2, 0.25) is 0 Å². The number of rotatable bonds is 5. The van der Waals surface area contributed by atoms with Crippen molar-refractivity contribution >= 4 is 0 Å². The molecule has 3 atom stereocenters. The van der Waals surface area contributed by atoms with E-state index in [0.717, 1.165) is 30.7 Å². The molecule has 2 fully saturated rings. The molecule has 0 amide bonds. The molecule has 19 heavy (non-hydrogen) atoms. The zero-order valence-electron chi connectivity index (χ0n) is 12.2. The topological polar surface area (TPSA) is 24.9 Å². The second-order valence-corrected chi connectivity index (χ2v) is 6.32. The molecule has 3 rings (SSSR count). The number of hydrogen-bond donors (Lipinski definition) is 1. The van der Waals surface area contributed by atoms with Crippen LogP contribution in [0.25, 0.3) is 0 Å². The summed E-state index contributed by atoms with van der Waals surface area (Å²) in [7, 11) is 0. The molecule has 3 unspecified atom stereocenters. The zero-order valence-corrected chi connectivity index (χ0v) is 12.2.